The lowest BCUT2D eigenvalue weighted by Gasteiger charge is -1.98. The highest BCUT2D eigenvalue weighted by atomic mass is 19.3. The molecule has 1 aromatic rings. The molecule has 13 heavy (non-hydrogen) atoms. The number of aryl methyl sites for hydroxylation is 1. The summed E-state index contributed by atoms with van der Waals surface area (Å²) in [5.74, 6) is -0.362. The highest BCUT2D eigenvalue weighted by Gasteiger charge is 2.20. The van der Waals surface area contributed by atoms with E-state index < -0.39 is 6.08 Å². The van der Waals surface area contributed by atoms with Gasteiger partial charge in [-0.15, -0.1) is 0 Å². The quantitative estimate of drug-likeness (QED) is 0.579. The van der Waals surface area contributed by atoms with E-state index in [9.17, 15) is 13.2 Å². The van der Waals surface area contributed by atoms with Crippen molar-refractivity contribution in [2.24, 2.45) is 0 Å². The maximum absolute atomic E-state index is 12.7. The van der Waals surface area contributed by atoms with E-state index in [1.165, 1.54) is 18.2 Å². The summed E-state index contributed by atoms with van der Waals surface area (Å²) in [5, 5.41) is 0. The van der Waals surface area contributed by atoms with Crippen molar-refractivity contribution in [1.29, 1.82) is 0 Å². The van der Waals surface area contributed by atoms with Gasteiger partial charge < -0.3 is 0 Å². The van der Waals surface area contributed by atoms with Gasteiger partial charge in [0.15, 0.2) is 0 Å². The minimum atomic E-state index is -1.65. The van der Waals surface area contributed by atoms with Crippen LogP contribution < -0.4 is 0 Å². The number of hydrogen-bond donors (Lipinski definition) is 0. The molecule has 0 amide bonds. The van der Waals surface area contributed by atoms with Crippen molar-refractivity contribution in [3.05, 3.63) is 41.2 Å². The highest BCUT2D eigenvalue weighted by molar-refractivity contribution is 5.72. The normalized spacial score (nSPS) is 14.5. The van der Waals surface area contributed by atoms with Crippen molar-refractivity contribution in [2.45, 2.75) is 12.8 Å². The summed E-state index contributed by atoms with van der Waals surface area (Å²) >= 11 is 0. The molecule has 0 spiro atoms. The van der Waals surface area contributed by atoms with Crippen molar-refractivity contribution >= 4 is 5.57 Å². The van der Waals surface area contributed by atoms with Crippen molar-refractivity contribution < 1.29 is 13.2 Å². The average Bonchev–Trinajstić information content (AvgIpc) is 2.46. The van der Waals surface area contributed by atoms with Crippen molar-refractivity contribution in [3.8, 4) is 0 Å². The zero-order chi connectivity index (χ0) is 9.42. The van der Waals surface area contributed by atoms with Crippen LogP contribution in [0.25, 0.3) is 5.57 Å². The second-order valence-corrected chi connectivity index (χ2v) is 3.04. The molecule has 2 rings (SSSR count). The van der Waals surface area contributed by atoms with E-state index in [4.69, 9.17) is 0 Å². The molecule has 3 heteroatoms. The fourth-order valence-corrected chi connectivity index (χ4v) is 1.65. The zero-order valence-electron chi connectivity index (χ0n) is 6.78. The Hall–Kier alpha value is -1.25. The molecule has 0 fully saturated rings. The molecule has 0 unspecified atom stereocenters. The third kappa shape index (κ3) is 1.34. The molecule has 0 atom stereocenters. The van der Waals surface area contributed by atoms with E-state index in [2.05, 4.69) is 0 Å². The molecule has 0 bridgehead atoms. The Morgan fingerprint density at radius 3 is 2.62 bits per heavy atom. The lowest BCUT2D eigenvalue weighted by Crippen LogP contribution is -1.83. The molecule has 0 aliphatic heterocycles. The van der Waals surface area contributed by atoms with Crippen LogP contribution in [-0.4, -0.2) is 0 Å². The van der Waals surface area contributed by atoms with Gasteiger partial charge in [-0.3, -0.25) is 0 Å². The van der Waals surface area contributed by atoms with Gasteiger partial charge in [-0.1, -0.05) is 6.07 Å². The summed E-state index contributed by atoms with van der Waals surface area (Å²) in [5.41, 5.74) is 1.25. The number of hydrogen-bond acceptors (Lipinski definition) is 0. The minimum absolute atomic E-state index is 0.0648. The molecule has 0 saturated heterocycles. The van der Waals surface area contributed by atoms with Crippen LogP contribution >= 0.6 is 0 Å². The molecular formula is C10H7F3. The molecule has 1 aliphatic rings. The molecule has 0 N–H and O–H groups in total. The van der Waals surface area contributed by atoms with E-state index in [0.29, 0.717) is 24.0 Å². The Kier molecular flexibility index (Phi) is 1.87. The van der Waals surface area contributed by atoms with E-state index in [0.717, 1.165) is 0 Å². The van der Waals surface area contributed by atoms with Gasteiger partial charge >= 0.3 is 0 Å². The van der Waals surface area contributed by atoms with Crippen molar-refractivity contribution in [3.63, 3.8) is 0 Å². The van der Waals surface area contributed by atoms with E-state index in [1.807, 2.05) is 0 Å². The lowest BCUT2D eigenvalue weighted by atomic mass is 10.1. The van der Waals surface area contributed by atoms with Crippen LogP contribution in [0.15, 0.2) is 24.3 Å². The summed E-state index contributed by atoms with van der Waals surface area (Å²) in [6, 6.07) is 3.96. The third-order valence-corrected chi connectivity index (χ3v) is 2.26. The Bertz CT molecular complexity index is 376. The molecule has 0 radical (unpaired) electrons. The first-order chi connectivity index (χ1) is 6.18. The molecule has 0 heterocycles. The topological polar surface area (TPSA) is 0 Å². The first-order valence-electron chi connectivity index (χ1n) is 4.01. The monoisotopic (exact) mass is 184 g/mol. The SMILES string of the molecule is FC(F)=C1CCc2cc(F)ccc21. The minimum Gasteiger partial charge on any atom is -0.207 e. The smallest absolute Gasteiger partial charge is 0.207 e. The van der Waals surface area contributed by atoms with Crippen LogP contribution in [0.3, 0.4) is 0 Å². The Labute approximate surface area is 73.7 Å². The second kappa shape index (κ2) is 2.91. The lowest BCUT2D eigenvalue weighted by molar-refractivity contribution is 0.424. The molecule has 0 nitrogen and oxygen atoms in total. The first-order valence-corrected chi connectivity index (χ1v) is 4.01. The summed E-state index contributed by atoms with van der Waals surface area (Å²) in [6.45, 7) is 0. The van der Waals surface area contributed by atoms with Gasteiger partial charge in [0.25, 0.3) is 6.08 Å². The predicted octanol–water partition coefficient (Wildman–Crippen LogP) is 3.38. The molecule has 1 aliphatic carbocycles. The van der Waals surface area contributed by atoms with Gasteiger partial charge in [0.1, 0.15) is 5.82 Å². The number of benzene rings is 1. The summed E-state index contributed by atoms with van der Waals surface area (Å²) in [7, 11) is 0. The Morgan fingerprint density at radius 2 is 1.92 bits per heavy atom. The fraction of sp³-hybridized carbons (Fsp3) is 0.200. The largest absolute Gasteiger partial charge is 0.274 e. The van der Waals surface area contributed by atoms with E-state index in [1.54, 1.807) is 0 Å². The van der Waals surface area contributed by atoms with E-state index >= 15 is 0 Å². The van der Waals surface area contributed by atoms with Crippen molar-refractivity contribution in [1.82, 2.24) is 0 Å². The average molecular weight is 184 g/mol. The summed E-state index contributed by atoms with van der Waals surface area (Å²) < 4.78 is 37.3. The zero-order valence-corrected chi connectivity index (χ0v) is 6.78. The third-order valence-electron chi connectivity index (χ3n) is 2.26. The summed E-state index contributed by atoms with van der Waals surface area (Å²) in [4.78, 5) is 0. The van der Waals surface area contributed by atoms with Crippen molar-refractivity contribution in [2.75, 3.05) is 0 Å². The second-order valence-electron chi connectivity index (χ2n) is 3.04. The maximum Gasteiger partial charge on any atom is 0.274 e. The summed E-state index contributed by atoms with van der Waals surface area (Å²) in [6.07, 6.45) is -0.814. The molecular weight excluding hydrogens is 177 g/mol. The number of halogens is 3. The van der Waals surface area contributed by atoms with Gasteiger partial charge in [0.2, 0.25) is 0 Å². The molecule has 0 saturated carbocycles. The number of fused-ring (bicyclic) bond motifs is 1. The van der Waals surface area contributed by atoms with Crippen LogP contribution in [-0.2, 0) is 6.42 Å². The van der Waals surface area contributed by atoms with Gasteiger partial charge in [0.05, 0.1) is 0 Å². The molecule has 0 aromatic heterocycles. The highest BCUT2D eigenvalue weighted by Crippen LogP contribution is 2.35. The maximum atomic E-state index is 12.7. The Morgan fingerprint density at radius 1 is 1.15 bits per heavy atom. The standard InChI is InChI=1S/C10H7F3/c11-7-2-4-8-6(5-7)1-3-9(8)10(12)13/h2,4-5H,1,3H2. The Balaban J connectivity index is 2.56. The van der Waals surface area contributed by atoms with Gasteiger partial charge in [0, 0.05) is 5.57 Å². The van der Waals surface area contributed by atoms with Gasteiger partial charge in [-0.25, -0.2) is 4.39 Å². The van der Waals surface area contributed by atoms with Crippen LogP contribution in [0.4, 0.5) is 13.2 Å². The van der Waals surface area contributed by atoms with Crippen LogP contribution in [0, 0.1) is 5.82 Å². The van der Waals surface area contributed by atoms with Crippen LogP contribution in [0.1, 0.15) is 17.5 Å². The van der Waals surface area contributed by atoms with Gasteiger partial charge in [-0.05, 0) is 36.1 Å². The van der Waals surface area contributed by atoms with Crippen LogP contribution in [0.5, 0.6) is 0 Å². The molecule has 1 aromatic carbocycles. The fourth-order valence-electron chi connectivity index (χ4n) is 1.65. The number of rotatable bonds is 0. The predicted molar refractivity (Wildman–Crippen MR) is 43.9 cm³/mol. The number of allylic oxidation sites excluding steroid dienone is 1. The first kappa shape index (κ1) is 8.35. The van der Waals surface area contributed by atoms with Gasteiger partial charge in [-0.2, -0.15) is 8.78 Å². The molecule has 68 valence electrons. The van der Waals surface area contributed by atoms with Crippen LogP contribution in [0.2, 0.25) is 0 Å². The van der Waals surface area contributed by atoms with E-state index in [-0.39, 0.29) is 11.4 Å².